The van der Waals surface area contributed by atoms with Gasteiger partial charge in [-0.2, -0.15) is 0 Å². The van der Waals surface area contributed by atoms with E-state index in [1.165, 1.54) is 0 Å². The van der Waals surface area contributed by atoms with Crippen molar-refractivity contribution in [3.05, 3.63) is 59.4 Å². The molecule has 0 bridgehead atoms. The highest BCUT2D eigenvalue weighted by Gasteiger charge is 2.21. The van der Waals surface area contributed by atoms with Gasteiger partial charge in [-0.3, -0.25) is 9.78 Å². The molecule has 1 aromatic heterocycles. The Hall–Kier alpha value is -2.36. The van der Waals surface area contributed by atoms with Gasteiger partial charge in [-0.25, -0.2) is 0 Å². The number of carbonyl (C=O) groups excluding carboxylic acids is 1. The lowest BCUT2D eigenvalue weighted by Crippen LogP contribution is -2.14. The van der Waals surface area contributed by atoms with E-state index in [0.717, 1.165) is 22.4 Å². The second-order valence-corrected chi connectivity index (χ2v) is 4.23. The molecule has 2 N–H and O–H groups in total. The van der Waals surface area contributed by atoms with Gasteiger partial charge >= 0.3 is 0 Å². The molecule has 2 heterocycles. The number of pyridine rings is 1. The van der Waals surface area contributed by atoms with Crippen molar-refractivity contribution in [2.75, 3.05) is 5.32 Å². The molecule has 0 unspecified atom stereocenters. The molecule has 4 nitrogen and oxygen atoms in total. The maximum absolute atomic E-state index is 11.7. The number of fused-ring (bicyclic) bond motifs is 1. The number of benzene rings is 1. The van der Waals surface area contributed by atoms with Crippen LogP contribution in [-0.2, 0) is 13.1 Å². The van der Waals surface area contributed by atoms with Crippen molar-refractivity contribution < 1.29 is 4.79 Å². The van der Waals surface area contributed by atoms with E-state index in [-0.39, 0.29) is 5.91 Å². The smallest absolute Gasteiger partial charge is 0.253 e. The van der Waals surface area contributed by atoms with Gasteiger partial charge in [-0.15, -0.1) is 0 Å². The normalized spacial score (nSPS) is 12.0. The maximum Gasteiger partial charge on any atom is 0.253 e. The van der Waals surface area contributed by atoms with Crippen molar-refractivity contribution in [3.8, 4) is 0 Å². The van der Waals surface area contributed by atoms with Gasteiger partial charge in [-0.1, -0.05) is 26.0 Å². The SMILES string of the molecule is CC.O=C1NCc2cccc(NCc3ccncc3)c21. The van der Waals surface area contributed by atoms with E-state index in [4.69, 9.17) is 0 Å². The van der Waals surface area contributed by atoms with Crippen LogP contribution < -0.4 is 10.6 Å². The summed E-state index contributed by atoms with van der Waals surface area (Å²) >= 11 is 0. The number of hydrogen-bond acceptors (Lipinski definition) is 3. The van der Waals surface area contributed by atoms with Gasteiger partial charge in [0.05, 0.1) is 5.56 Å². The molecule has 0 radical (unpaired) electrons. The molecule has 1 amide bonds. The summed E-state index contributed by atoms with van der Waals surface area (Å²) in [6, 6.07) is 9.79. The molecule has 0 saturated carbocycles. The fourth-order valence-corrected chi connectivity index (χ4v) is 2.12. The average Bonchev–Trinajstić information content (AvgIpc) is 2.90. The summed E-state index contributed by atoms with van der Waals surface area (Å²) < 4.78 is 0. The predicted molar refractivity (Wildman–Crippen MR) is 80.5 cm³/mol. The number of amides is 1. The highest BCUT2D eigenvalue weighted by atomic mass is 16.1. The number of carbonyl (C=O) groups is 1. The molecule has 3 rings (SSSR count). The first-order valence-electron chi connectivity index (χ1n) is 6.87. The number of rotatable bonds is 3. The molecule has 0 atom stereocenters. The molecule has 0 saturated heterocycles. The summed E-state index contributed by atoms with van der Waals surface area (Å²) in [5.41, 5.74) is 3.85. The van der Waals surface area contributed by atoms with E-state index in [1.54, 1.807) is 12.4 Å². The van der Waals surface area contributed by atoms with Crippen LogP contribution in [0.2, 0.25) is 0 Å². The largest absolute Gasteiger partial charge is 0.380 e. The fourth-order valence-electron chi connectivity index (χ4n) is 2.12. The predicted octanol–water partition coefficient (Wildman–Crippen LogP) is 2.96. The second kappa shape index (κ2) is 6.70. The second-order valence-electron chi connectivity index (χ2n) is 4.23. The van der Waals surface area contributed by atoms with Crippen molar-refractivity contribution >= 4 is 11.6 Å². The van der Waals surface area contributed by atoms with E-state index in [1.807, 2.05) is 44.2 Å². The van der Waals surface area contributed by atoms with Gasteiger partial charge in [0.25, 0.3) is 5.91 Å². The zero-order valence-electron chi connectivity index (χ0n) is 11.8. The standard InChI is InChI=1S/C14H13N3O.C2H6/c18-14-13-11(9-17-14)2-1-3-12(13)16-8-10-4-6-15-7-5-10;1-2/h1-7,16H,8-9H2,(H,17,18);1-2H3. The van der Waals surface area contributed by atoms with Crippen molar-refractivity contribution in [1.82, 2.24) is 10.3 Å². The topological polar surface area (TPSA) is 54.0 Å². The first kappa shape index (κ1) is 14.1. The van der Waals surface area contributed by atoms with Crippen molar-refractivity contribution in [1.29, 1.82) is 0 Å². The number of hydrogen-bond donors (Lipinski definition) is 2. The molecule has 0 fully saturated rings. The lowest BCUT2D eigenvalue weighted by atomic mass is 10.1. The van der Waals surface area contributed by atoms with E-state index in [0.29, 0.717) is 13.1 Å². The Morgan fingerprint density at radius 1 is 1.20 bits per heavy atom. The Kier molecular flexibility index (Phi) is 4.71. The highest BCUT2D eigenvalue weighted by Crippen LogP contribution is 2.24. The fraction of sp³-hybridized carbons (Fsp3) is 0.250. The number of anilines is 1. The summed E-state index contributed by atoms with van der Waals surface area (Å²) in [6.07, 6.45) is 3.53. The minimum Gasteiger partial charge on any atom is -0.380 e. The van der Waals surface area contributed by atoms with Gasteiger partial charge in [0.15, 0.2) is 0 Å². The number of aromatic nitrogens is 1. The molecular formula is C16H19N3O. The molecule has 0 aliphatic carbocycles. The summed E-state index contributed by atoms with van der Waals surface area (Å²) in [5.74, 6) is 0.00262. The van der Waals surface area contributed by atoms with Gasteiger partial charge in [-0.05, 0) is 29.3 Å². The third-order valence-electron chi connectivity index (χ3n) is 3.05. The molecule has 1 aromatic carbocycles. The molecule has 1 aliphatic rings. The monoisotopic (exact) mass is 269 g/mol. The summed E-state index contributed by atoms with van der Waals surface area (Å²) in [6.45, 7) is 5.31. The third kappa shape index (κ3) is 2.96. The van der Waals surface area contributed by atoms with Gasteiger partial charge in [0.1, 0.15) is 0 Å². The Morgan fingerprint density at radius 2 is 1.95 bits per heavy atom. The third-order valence-corrected chi connectivity index (χ3v) is 3.05. The van der Waals surface area contributed by atoms with Crippen LogP contribution in [0.5, 0.6) is 0 Å². The summed E-state index contributed by atoms with van der Waals surface area (Å²) in [5, 5.41) is 6.14. The Labute approximate surface area is 119 Å². The van der Waals surface area contributed by atoms with Crippen LogP contribution in [-0.4, -0.2) is 10.9 Å². The lowest BCUT2D eigenvalue weighted by molar-refractivity contribution is 0.0966. The zero-order valence-corrected chi connectivity index (χ0v) is 11.8. The highest BCUT2D eigenvalue weighted by molar-refractivity contribution is 6.03. The first-order valence-corrected chi connectivity index (χ1v) is 6.87. The van der Waals surface area contributed by atoms with E-state index in [9.17, 15) is 4.79 Å². The maximum atomic E-state index is 11.7. The molecule has 20 heavy (non-hydrogen) atoms. The quantitative estimate of drug-likeness (QED) is 0.900. The summed E-state index contributed by atoms with van der Waals surface area (Å²) in [4.78, 5) is 15.7. The van der Waals surface area contributed by atoms with Crippen molar-refractivity contribution in [3.63, 3.8) is 0 Å². The van der Waals surface area contributed by atoms with E-state index >= 15 is 0 Å². The van der Waals surface area contributed by atoms with Gasteiger partial charge in [0.2, 0.25) is 0 Å². The number of nitrogens with zero attached hydrogens (tertiary/aromatic N) is 1. The Balaban J connectivity index is 0.000000704. The van der Waals surface area contributed by atoms with Crippen molar-refractivity contribution in [2.24, 2.45) is 0 Å². The zero-order chi connectivity index (χ0) is 14.4. The molecule has 104 valence electrons. The minimum absolute atomic E-state index is 0.00262. The minimum atomic E-state index is 0.00262. The van der Waals surface area contributed by atoms with Crippen LogP contribution in [0.3, 0.4) is 0 Å². The average molecular weight is 269 g/mol. The van der Waals surface area contributed by atoms with Crippen LogP contribution in [0.15, 0.2) is 42.7 Å². The molecule has 0 spiro atoms. The van der Waals surface area contributed by atoms with E-state index in [2.05, 4.69) is 15.6 Å². The van der Waals surface area contributed by atoms with Crippen LogP contribution in [0.25, 0.3) is 0 Å². The summed E-state index contributed by atoms with van der Waals surface area (Å²) in [7, 11) is 0. The lowest BCUT2D eigenvalue weighted by Gasteiger charge is -2.09. The Bertz CT molecular complexity index is 582. The van der Waals surface area contributed by atoms with Gasteiger partial charge in [0, 0.05) is 31.2 Å². The van der Waals surface area contributed by atoms with Gasteiger partial charge < -0.3 is 10.6 Å². The van der Waals surface area contributed by atoms with Crippen LogP contribution in [0.4, 0.5) is 5.69 Å². The van der Waals surface area contributed by atoms with Crippen LogP contribution in [0, 0.1) is 0 Å². The Morgan fingerprint density at radius 3 is 2.70 bits per heavy atom. The molecule has 2 aromatic rings. The molecule has 1 aliphatic heterocycles. The van der Waals surface area contributed by atoms with E-state index < -0.39 is 0 Å². The first-order chi connectivity index (χ1) is 9.84. The van der Waals surface area contributed by atoms with Crippen LogP contribution in [0.1, 0.15) is 35.3 Å². The van der Waals surface area contributed by atoms with Crippen LogP contribution >= 0.6 is 0 Å². The number of nitrogens with one attached hydrogen (secondary N) is 2. The molecular weight excluding hydrogens is 250 g/mol. The molecule has 4 heteroatoms. The van der Waals surface area contributed by atoms with Crippen molar-refractivity contribution in [2.45, 2.75) is 26.9 Å².